The minimum absolute atomic E-state index is 0.661. The molecule has 0 unspecified atom stereocenters. The van der Waals surface area contributed by atoms with Crippen molar-refractivity contribution < 1.29 is 9.15 Å². The lowest BCUT2D eigenvalue weighted by Gasteiger charge is -2.31. The Morgan fingerprint density at radius 3 is 2.62 bits per heavy atom. The van der Waals surface area contributed by atoms with Gasteiger partial charge in [-0.15, -0.1) is 0 Å². The van der Waals surface area contributed by atoms with Crippen molar-refractivity contribution >= 4 is 23.0 Å². The van der Waals surface area contributed by atoms with Crippen LogP contribution in [0, 0.1) is 0 Å². The Kier molecular flexibility index (Phi) is 5.09. The van der Waals surface area contributed by atoms with Crippen LogP contribution in [0.4, 0.5) is 11.4 Å². The van der Waals surface area contributed by atoms with Gasteiger partial charge in [-0.3, -0.25) is 0 Å². The predicted molar refractivity (Wildman–Crippen MR) is 104 cm³/mol. The van der Waals surface area contributed by atoms with E-state index in [2.05, 4.69) is 21.3 Å². The molecule has 0 amide bonds. The minimum Gasteiger partial charge on any atom is -0.444 e. The Labute approximate surface area is 157 Å². The number of morpholine rings is 1. The van der Waals surface area contributed by atoms with Gasteiger partial charge in [-0.25, -0.2) is 4.98 Å². The average Bonchev–Trinajstić information content (AvgIpc) is 3.23. The number of nitrogens with one attached hydrogen (secondary N) is 1. The Morgan fingerprint density at radius 1 is 1.08 bits per heavy atom. The number of benzene rings is 2. The van der Waals surface area contributed by atoms with Gasteiger partial charge in [-0.05, 0) is 36.4 Å². The predicted octanol–water partition coefficient (Wildman–Crippen LogP) is 4.44. The van der Waals surface area contributed by atoms with E-state index in [0.29, 0.717) is 6.54 Å². The summed E-state index contributed by atoms with van der Waals surface area (Å²) in [6, 6.07) is 14.2. The number of nitrogens with zero attached hydrogens (tertiary/aromatic N) is 2. The van der Waals surface area contributed by atoms with Crippen LogP contribution in [0.3, 0.4) is 0 Å². The Balaban J connectivity index is 1.49. The molecule has 0 aliphatic carbocycles. The molecule has 4 rings (SSSR count). The van der Waals surface area contributed by atoms with Crippen molar-refractivity contribution in [3.05, 3.63) is 65.6 Å². The first-order chi connectivity index (χ1) is 12.8. The van der Waals surface area contributed by atoms with Crippen LogP contribution in [0.15, 0.2) is 59.5 Å². The zero-order chi connectivity index (χ0) is 17.8. The van der Waals surface area contributed by atoms with Crippen LogP contribution in [-0.2, 0) is 11.3 Å². The number of oxazole rings is 1. The van der Waals surface area contributed by atoms with E-state index in [9.17, 15) is 0 Å². The first-order valence-electron chi connectivity index (χ1n) is 8.64. The summed E-state index contributed by atoms with van der Waals surface area (Å²) in [5.41, 5.74) is 4.31. The fourth-order valence-corrected chi connectivity index (χ4v) is 3.36. The average molecular weight is 370 g/mol. The second-order valence-electron chi connectivity index (χ2n) is 6.13. The smallest absolute Gasteiger partial charge is 0.181 e. The highest BCUT2D eigenvalue weighted by atomic mass is 35.5. The number of ether oxygens (including phenoxy) is 1. The van der Waals surface area contributed by atoms with Gasteiger partial charge in [0.15, 0.2) is 12.2 Å². The van der Waals surface area contributed by atoms with E-state index in [-0.39, 0.29) is 0 Å². The molecule has 3 aromatic rings. The highest BCUT2D eigenvalue weighted by Gasteiger charge is 2.16. The molecule has 1 aliphatic rings. The molecule has 1 N–H and O–H groups in total. The van der Waals surface area contributed by atoms with Gasteiger partial charge in [-0.1, -0.05) is 17.7 Å². The topological polar surface area (TPSA) is 50.5 Å². The molecule has 2 aromatic carbocycles. The van der Waals surface area contributed by atoms with Gasteiger partial charge in [0.05, 0.1) is 19.4 Å². The molecule has 134 valence electrons. The fraction of sp³-hybridized carbons (Fsp3) is 0.250. The first-order valence-corrected chi connectivity index (χ1v) is 9.02. The molecule has 1 aliphatic heterocycles. The number of halogens is 1. The molecule has 0 spiro atoms. The van der Waals surface area contributed by atoms with Crippen molar-refractivity contribution in [2.24, 2.45) is 0 Å². The summed E-state index contributed by atoms with van der Waals surface area (Å²) in [5.74, 6) is 0.761. The maximum atomic E-state index is 6.49. The van der Waals surface area contributed by atoms with E-state index in [1.54, 1.807) is 6.20 Å². The monoisotopic (exact) mass is 369 g/mol. The van der Waals surface area contributed by atoms with Gasteiger partial charge in [0, 0.05) is 47.2 Å². The van der Waals surface area contributed by atoms with E-state index < -0.39 is 0 Å². The van der Waals surface area contributed by atoms with E-state index in [0.717, 1.165) is 53.9 Å². The molecule has 0 bridgehead atoms. The van der Waals surface area contributed by atoms with Gasteiger partial charge < -0.3 is 19.4 Å². The first kappa shape index (κ1) is 16.9. The molecule has 5 nitrogen and oxygen atoms in total. The van der Waals surface area contributed by atoms with Crippen LogP contribution in [0.5, 0.6) is 0 Å². The Bertz CT molecular complexity index is 844. The van der Waals surface area contributed by atoms with Crippen LogP contribution in [0.25, 0.3) is 11.3 Å². The van der Waals surface area contributed by atoms with Crippen LogP contribution in [-0.4, -0.2) is 31.3 Å². The zero-order valence-corrected chi connectivity index (χ0v) is 15.1. The summed E-state index contributed by atoms with van der Waals surface area (Å²) in [5, 5.41) is 4.24. The third-order valence-electron chi connectivity index (χ3n) is 4.52. The standard InChI is InChI=1S/C20H20ClN3O2/c21-18-2-1-3-19(24-8-10-25-11-9-24)17(18)12-23-16-6-4-15(5-7-16)20-13-22-14-26-20/h1-7,13-14,23H,8-12H2. The van der Waals surface area contributed by atoms with Gasteiger partial charge in [-0.2, -0.15) is 0 Å². The van der Waals surface area contributed by atoms with Crippen molar-refractivity contribution in [1.82, 2.24) is 4.98 Å². The lowest BCUT2D eigenvalue weighted by Crippen LogP contribution is -2.37. The molecular formula is C20H20ClN3O2. The minimum atomic E-state index is 0.661. The van der Waals surface area contributed by atoms with Crippen LogP contribution in [0.2, 0.25) is 5.02 Å². The molecule has 6 heteroatoms. The highest BCUT2D eigenvalue weighted by molar-refractivity contribution is 6.31. The van der Waals surface area contributed by atoms with Gasteiger partial charge in [0.1, 0.15) is 0 Å². The second-order valence-corrected chi connectivity index (χ2v) is 6.54. The molecule has 0 radical (unpaired) electrons. The number of rotatable bonds is 5. The molecule has 1 aromatic heterocycles. The van der Waals surface area contributed by atoms with Crippen molar-refractivity contribution in [2.45, 2.75) is 6.54 Å². The normalized spacial score (nSPS) is 14.4. The van der Waals surface area contributed by atoms with Gasteiger partial charge in [0.2, 0.25) is 0 Å². The maximum Gasteiger partial charge on any atom is 0.181 e. The van der Waals surface area contributed by atoms with E-state index >= 15 is 0 Å². The van der Waals surface area contributed by atoms with Gasteiger partial charge in [0.25, 0.3) is 0 Å². The Morgan fingerprint density at radius 2 is 1.88 bits per heavy atom. The summed E-state index contributed by atoms with van der Waals surface area (Å²) in [4.78, 5) is 6.28. The van der Waals surface area contributed by atoms with Crippen LogP contribution < -0.4 is 10.2 Å². The second kappa shape index (κ2) is 7.81. The van der Waals surface area contributed by atoms with Crippen molar-refractivity contribution in [3.8, 4) is 11.3 Å². The molecule has 2 heterocycles. The number of hydrogen-bond donors (Lipinski definition) is 1. The largest absolute Gasteiger partial charge is 0.444 e. The van der Waals surface area contributed by atoms with Crippen LogP contribution >= 0.6 is 11.6 Å². The molecule has 0 atom stereocenters. The summed E-state index contributed by atoms with van der Waals surface area (Å²) in [6.07, 6.45) is 3.15. The number of anilines is 2. The Hall–Kier alpha value is -2.50. The van der Waals surface area contributed by atoms with E-state index in [4.69, 9.17) is 20.8 Å². The third-order valence-corrected chi connectivity index (χ3v) is 4.87. The SMILES string of the molecule is Clc1cccc(N2CCOCC2)c1CNc1ccc(-c2cnco2)cc1. The molecule has 1 saturated heterocycles. The number of hydrogen-bond acceptors (Lipinski definition) is 5. The highest BCUT2D eigenvalue weighted by Crippen LogP contribution is 2.29. The van der Waals surface area contributed by atoms with Crippen molar-refractivity contribution in [1.29, 1.82) is 0 Å². The van der Waals surface area contributed by atoms with Crippen molar-refractivity contribution in [2.75, 3.05) is 36.5 Å². The maximum absolute atomic E-state index is 6.49. The fourth-order valence-electron chi connectivity index (χ4n) is 3.12. The lowest BCUT2D eigenvalue weighted by atomic mass is 10.1. The summed E-state index contributed by atoms with van der Waals surface area (Å²) in [7, 11) is 0. The van der Waals surface area contributed by atoms with E-state index in [1.165, 1.54) is 12.1 Å². The van der Waals surface area contributed by atoms with Gasteiger partial charge >= 0.3 is 0 Å². The molecule has 26 heavy (non-hydrogen) atoms. The summed E-state index contributed by atoms with van der Waals surface area (Å²) < 4.78 is 10.8. The van der Waals surface area contributed by atoms with Crippen molar-refractivity contribution in [3.63, 3.8) is 0 Å². The third kappa shape index (κ3) is 3.69. The zero-order valence-electron chi connectivity index (χ0n) is 14.3. The van der Waals surface area contributed by atoms with Crippen LogP contribution in [0.1, 0.15) is 5.56 Å². The quantitative estimate of drug-likeness (QED) is 0.720. The number of aromatic nitrogens is 1. The molecule has 0 saturated carbocycles. The van der Waals surface area contributed by atoms with E-state index in [1.807, 2.05) is 36.4 Å². The summed E-state index contributed by atoms with van der Waals surface area (Å²) in [6.45, 7) is 3.94. The lowest BCUT2D eigenvalue weighted by molar-refractivity contribution is 0.122. The molecular weight excluding hydrogens is 350 g/mol. The summed E-state index contributed by atoms with van der Waals surface area (Å²) >= 11 is 6.49. The molecule has 1 fully saturated rings.